The van der Waals surface area contributed by atoms with Crippen molar-refractivity contribution in [2.75, 3.05) is 0 Å². The molecule has 0 amide bonds. The molecule has 0 saturated heterocycles. The Kier molecular flexibility index (Phi) is 2.00. The summed E-state index contributed by atoms with van der Waals surface area (Å²) in [4.78, 5) is 0. The molecule has 1 N–H and O–H groups in total. The van der Waals surface area contributed by atoms with Crippen LogP contribution < -0.4 is 0 Å². The van der Waals surface area contributed by atoms with Gasteiger partial charge in [-0.3, -0.25) is 0 Å². The quantitative estimate of drug-likeness (QED) is 0.764. The van der Waals surface area contributed by atoms with Crippen LogP contribution in [0.25, 0.3) is 11.0 Å². The van der Waals surface area contributed by atoms with E-state index < -0.39 is 17.7 Å². The lowest BCUT2D eigenvalue weighted by molar-refractivity contribution is 0.189. The second-order valence-corrected chi connectivity index (χ2v) is 3.09. The first kappa shape index (κ1) is 9.15. The van der Waals surface area contributed by atoms with E-state index in [0.29, 0.717) is 0 Å². The average Bonchev–Trinajstić information content (AvgIpc) is 2.50. The van der Waals surface area contributed by atoms with Crippen LogP contribution in [0.1, 0.15) is 18.6 Å². The SMILES string of the molecule is CC(O)c1c(F)cc2occc2c1F. The van der Waals surface area contributed by atoms with Crippen LogP contribution in [0.3, 0.4) is 0 Å². The van der Waals surface area contributed by atoms with E-state index in [1.165, 1.54) is 19.3 Å². The normalized spacial score (nSPS) is 13.4. The van der Waals surface area contributed by atoms with Crippen molar-refractivity contribution in [1.82, 2.24) is 0 Å². The highest BCUT2D eigenvalue weighted by Gasteiger charge is 2.18. The van der Waals surface area contributed by atoms with Crippen LogP contribution >= 0.6 is 0 Å². The lowest BCUT2D eigenvalue weighted by Gasteiger charge is -2.07. The van der Waals surface area contributed by atoms with Gasteiger partial charge < -0.3 is 9.52 Å². The van der Waals surface area contributed by atoms with Crippen LogP contribution in [0.5, 0.6) is 0 Å². The van der Waals surface area contributed by atoms with Gasteiger partial charge in [-0.1, -0.05) is 0 Å². The smallest absolute Gasteiger partial charge is 0.143 e. The average molecular weight is 198 g/mol. The Hall–Kier alpha value is -1.42. The summed E-state index contributed by atoms with van der Waals surface area (Å²) in [6, 6.07) is 2.47. The molecule has 0 aliphatic heterocycles. The van der Waals surface area contributed by atoms with Gasteiger partial charge >= 0.3 is 0 Å². The van der Waals surface area contributed by atoms with Gasteiger partial charge in [0, 0.05) is 6.07 Å². The Morgan fingerprint density at radius 2 is 2.14 bits per heavy atom. The summed E-state index contributed by atoms with van der Waals surface area (Å²) in [5.74, 6) is -1.55. The molecule has 74 valence electrons. The lowest BCUT2D eigenvalue weighted by atomic mass is 10.1. The Balaban J connectivity index is 2.82. The van der Waals surface area contributed by atoms with Crippen LogP contribution in [0.4, 0.5) is 8.78 Å². The summed E-state index contributed by atoms with van der Waals surface area (Å²) in [6.07, 6.45) is 0.105. The fourth-order valence-corrected chi connectivity index (χ4v) is 1.44. The van der Waals surface area contributed by atoms with E-state index in [0.717, 1.165) is 6.07 Å². The summed E-state index contributed by atoms with van der Waals surface area (Å²) in [5, 5.41) is 9.35. The van der Waals surface area contributed by atoms with Gasteiger partial charge in [0.25, 0.3) is 0 Å². The molecule has 0 saturated carbocycles. The van der Waals surface area contributed by atoms with Gasteiger partial charge in [-0.15, -0.1) is 0 Å². The number of halogens is 2. The van der Waals surface area contributed by atoms with E-state index in [4.69, 9.17) is 4.42 Å². The largest absolute Gasteiger partial charge is 0.464 e. The topological polar surface area (TPSA) is 33.4 Å². The number of aliphatic hydroxyl groups is 1. The number of furan rings is 1. The molecular weight excluding hydrogens is 190 g/mol. The highest BCUT2D eigenvalue weighted by molar-refractivity contribution is 5.79. The van der Waals surface area contributed by atoms with Gasteiger partial charge in [-0.05, 0) is 13.0 Å². The zero-order chi connectivity index (χ0) is 10.3. The van der Waals surface area contributed by atoms with Crippen molar-refractivity contribution in [3.63, 3.8) is 0 Å². The molecule has 0 aliphatic rings. The molecule has 2 aromatic rings. The molecule has 4 heteroatoms. The monoisotopic (exact) mass is 198 g/mol. The van der Waals surface area contributed by atoms with Crippen LogP contribution in [0.2, 0.25) is 0 Å². The first-order valence-electron chi connectivity index (χ1n) is 4.14. The van der Waals surface area contributed by atoms with Crippen molar-refractivity contribution in [2.24, 2.45) is 0 Å². The molecule has 14 heavy (non-hydrogen) atoms. The summed E-state index contributed by atoms with van der Waals surface area (Å²) >= 11 is 0. The summed E-state index contributed by atoms with van der Waals surface area (Å²) in [7, 11) is 0. The maximum absolute atomic E-state index is 13.6. The Bertz CT molecular complexity index is 474. The van der Waals surface area contributed by atoms with E-state index in [9.17, 15) is 13.9 Å². The highest BCUT2D eigenvalue weighted by atomic mass is 19.1. The number of hydrogen-bond acceptors (Lipinski definition) is 2. The maximum Gasteiger partial charge on any atom is 0.143 e. The molecular formula is C10H8F2O2. The van der Waals surface area contributed by atoms with Gasteiger partial charge in [0.1, 0.15) is 17.2 Å². The van der Waals surface area contributed by atoms with E-state index in [2.05, 4.69) is 0 Å². The number of rotatable bonds is 1. The number of benzene rings is 1. The van der Waals surface area contributed by atoms with E-state index >= 15 is 0 Å². The molecule has 0 bridgehead atoms. The van der Waals surface area contributed by atoms with Gasteiger partial charge in [0.05, 0.1) is 23.3 Å². The third-order valence-corrected chi connectivity index (χ3v) is 2.10. The van der Waals surface area contributed by atoms with Crippen molar-refractivity contribution >= 4 is 11.0 Å². The lowest BCUT2D eigenvalue weighted by Crippen LogP contribution is -2.00. The van der Waals surface area contributed by atoms with Crippen molar-refractivity contribution in [3.05, 3.63) is 35.6 Å². The summed E-state index contributed by atoms with van der Waals surface area (Å²) < 4.78 is 31.7. The highest BCUT2D eigenvalue weighted by Crippen LogP contribution is 2.28. The molecule has 1 atom stereocenters. The van der Waals surface area contributed by atoms with Crippen molar-refractivity contribution in [3.8, 4) is 0 Å². The first-order chi connectivity index (χ1) is 6.61. The molecule has 1 unspecified atom stereocenters. The second kappa shape index (κ2) is 3.06. The molecule has 1 aromatic heterocycles. The van der Waals surface area contributed by atoms with Gasteiger partial charge in [-0.25, -0.2) is 8.78 Å². The molecule has 1 heterocycles. The summed E-state index contributed by atoms with van der Waals surface area (Å²) in [5.41, 5.74) is -0.177. The van der Waals surface area contributed by atoms with Gasteiger partial charge in [-0.2, -0.15) is 0 Å². The number of hydrogen-bond donors (Lipinski definition) is 1. The zero-order valence-corrected chi connectivity index (χ0v) is 7.42. The molecule has 0 radical (unpaired) electrons. The zero-order valence-electron chi connectivity index (χ0n) is 7.42. The Morgan fingerprint density at radius 1 is 1.43 bits per heavy atom. The third kappa shape index (κ3) is 1.19. The minimum Gasteiger partial charge on any atom is -0.464 e. The fourth-order valence-electron chi connectivity index (χ4n) is 1.44. The van der Waals surface area contributed by atoms with Crippen LogP contribution in [-0.4, -0.2) is 5.11 Å². The van der Waals surface area contributed by atoms with Gasteiger partial charge in [0.15, 0.2) is 0 Å². The molecule has 1 aromatic carbocycles. The molecule has 0 spiro atoms. The minimum absolute atomic E-state index is 0.143. The number of fused-ring (bicyclic) bond motifs is 1. The summed E-state index contributed by atoms with van der Waals surface area (Å²) in [6.45, 7) is 1.31. The predicted octanol–water partition coefficient (Wildman–Crippen LogP) is 2.76. The minimum atomic E-state index is -1.17. The van der Waals surface area contributed by atoms with Crippen molar-refractivity contribution < 1.29 is 18.3 Å². The van der Waals surface area contributed by atoms with E-state index in [1.54, 1.807) is 0 Å². The second-order valence-electron chi connectivity index (χ2n) is 3.09. The first-order valence-corrected chi connectivity index (χ1v) is 4.14. The van der Waals surface area contributed by atoms with Crippen LogP contribution in [0.15, 0.2) is 22.8 Å². The molecule has 0 fully saturated rings. The molecule has 2 nitrogen and oxygen atoms in total. The van der Waals surface area contributed by atoms with Gasteiger partial charge in [0.2, 0.25) is 0 Å². The Labute approximate surface area is 78.8 Å². The maximum atomic E-state index is 13.6. The third-order valence-electron chi connectivity index (χ3n) is 2.10. The standard InChI is InChI=1S/C10H8F2O2/c1-5(13)9-7(11)4-8-6(10(9)12)2-3-14-8/h2-5,13H,1H3. The Morgan fingerprint density at radius 3 is 2.79 bits per heavy atom. The molecule has 0 aliphatic carbocycles. The van der Waals surface area contributed by atoms with Crippen LogP contribution in [0, 0.1) is 11.6 Å². The van der Waals surface area contributed by atoms with Crippen molar-refractivity contribution in [1.29, 1.82) is 0 Å². The molecule has 2 rings (SSSR count). The van der Waals surface area contributed by atoms with E-state index in [1.807, 2.05) is 0 Å². The predicted molar refractivity (Wildman–Crippen MR) is 46.8 cm³/mol. The van der Waals surface area contributed by atoms with E-state index in [-0.39, 0.29) is 16.5 Å². The number of aliphatic hydroxyl groups excluding tert-OH is 1. The van der Waals surface area contributed by atoms with Crippen molar-refractivity contribution in [2.45, 2.75) is 13.0 Å². The fraction of sp³-hybridized carbons (Fsp3) is 0.200. The van der Waals surface area contributed by atoms with Crippen LogP contribution in [-0.2, 0) is 0 Å².